The smallest absolute Gasteiger partial charge is 0.0427 e. The first-order valence-corrected chi connectivity index (χ1v) is 8.10. The Labute approximate surface area is 133 Å². The van der Waals surface area contributed by atoms with E-state index in [-0.39, 0.29) is 0 Å². The number of hydrogen-bond acceptors (Lipinski definition) is 1. The zero-order valence-corrected chi connectivity index (χ0v) is 12.9. The van der Waals surface area contributed by atoms with E-state index < -0.39 is 0 Å². The molecule has 0 aromatic heterocycles. The van der Waals surface area contributed by atoms with Crippen LogP contribution in [-0.2, 0) is 6.42 Å². The Morgan fingerprint density at radius 3 is 2.41 bits per heavy atom. The minimum absolute atomic E-state index is 1.02. The van der Waals surface area contributed by atoms with Gasteiger partial charge in [0.15, 0.2) is 0 Å². The third kappa shape index (κ3) is 4.11. The molecule has 1 radical (unpaired) electrons. The van der Waals surface area contributed by atoms with Gasteiger partial charge in [0.05, 0.1) is 0 Å². The van der Waals surface area contributed by atoms with Crippen molar-refractivity contribution in [3.8, 4) is 0 Å². The second kappa shape index (κ2) is 7.65. The number of rotatable bonds is 7. The molecule has 0 aliphatic rings. The van der Waals surface area contributed by atoms with Crippen molar-refractivity contribution in [3.63, 3.8) is 0 Å². The van der Waals surface area contributed by atoms with E-state index in [0.29, 0.717) is 0 Å². The monoisotopic (exact) mass is 288 g/mol. The van der Waals surface area contributed by atoms with Gasteiger partial charge in [-0.1, -0.05) is 61.0 Å². The molecule has 1 heteroatoms. The number of anilines is 1. The van der Waals surface area contributed by atoms with Gasteiger partial charge in [0.1, 0.15) is 0 Å². The van der Waals surface area contributed by atoms with Gasteiger partial charge in [-0.2, -0.15) is 0 Å². The molecule has 0 atom stereocenters. The summed E-state index contributed by atoms with van der Waals surface area (Å²) in [7, 11) is 0. The summed E-state index contributed by atoms with van der Waals surface area (Å²) < 4.78 is 0. The van der Waals surface area contributed by atoms with E-state index >= 15 is 0 Å². The van der Waals surface area contributed by atoms with Gasteiger partial charge in [0.25, 0.3) is 0 Å². The maximum Gasteiger partial charge on any atom is 0.0427 e. The van der Waals surface area contributed by atoms with Crippen molar-refractivity contribution in [1.29, 1.82) is 0 Å². The van der Waals surface area contributed by atoms with Gasteiger partial charge in [-0.15, -0.1) is 0 Å². The Bertz CT molecular complexity index is 703. The van der Waals surface area contributed by atoms with Crippen LogP contribution in [0.15, 0.2) is 66.7 Å². The lowest BCUT2D eigenvalue weighted by Gasteiger charge is -2.07. The number of unbranched alkanes of at least 4 members (excludes halogenated alkanes) is 2. The van der Waals surface area contributed by atoms with Crippen molar-refractivity contribution in [2.24, 2.45) is 0 Å². The van der Waals surface area contributed by atoms with Gasteiger partial charge in [-0.25, -0.2) is 0 Å². The van der Waals surface area contributed by atoms with Crippen LogP contribution in [0.1, 0.15) is 24.8 Å². The lowest BCUT2D eigenvalue weighted by Crippen LogP contribution is -2.01. The number of fused-ring (bicyclic) bond motifs is 1. The van der Waals surface area contributed by atoms with Crippen LogP contribution < -0.4 is 5.32 Å². The lowest BCUT2D eigenvalue weighted by atomic mass is 10.1. The highest BCUT2D eigenvalue weighted by Gasteiger charge is 1.97. The Morgan fingerprint density at radius 2 is 1.55 bits per heavy atom. The fraction of sp³-hybridized carbons (Fsp3) is 0.238. The molecule has 0 bridgehead atoms. The van der Waals surface area contributed by atoms with Gasteiger partial charge >= 0.3 is 0 Å². The Balaban J connectivity index is 1.39. The first-order valence-electron chi connectivity index (χ1n) is 8.10. The van der Waals surface area contributed by atoms with Crippen molar-refractivity contribution in [1.82, 2.24) is 0 Å². The molecule has 0 aliphatic carbocycles. The van der Waals surface area contributed by atoms with E-state index in [1.807, 2.05) is 0 Å². The second-order valence-electron chi connectivity index (χ2n) is 5.70. The third-order valence-electron chi connectivity index (χ3n) is 3.98. The van der Waals surface area contributed by atoms with Crippen LogP contribution in [0.4, 0.5) is 5.69 Å². The minimum atomic E-state index is 1.02. The highest BCUT2D eigenvalue weighted by atomic mass is 14.9. The van der Waals surface area contributed by atoms with Gasteiger partial charge in [0.2, 0.25) is 0 Å². The summed E-state index contributed by atoms with van der Waals surface area (Å²) in [6.07, 6.45) is 4.90. The standard InChI is InChI=1S/C21H22N/c1-3-9-18(10-4-1)11-5-2-8-16-22-21-15-14-19-12-6-7-13-20(19)17-21/h1,3-4,6-7,9-10,12-14,17,22H,2,5,8,11,16H2. The Morgan fingerprint density at radius 1 is 0.773 bits per heavy atom. The number of benzene rings is 3. The molecule has 3 aromatic rings. The van der Waals surface area contributed by atoms with Gasteiger partial charge < -0.3 is 5.32 Å². The number of nitrogens with one attached hydrogen (secondary N) is 1. The molecule has 0 spiro atoms. The summed E-state index contributed by atoms with van der Waals surface area (Å²) in [4.78, 5) is 0. The van der Waals surface area contributed by atoms with Crippen LogP contribution in [0.5, 0.6) is 0 Å². The molecule has 111 valence electrons. The van der Waals surface area contributed by atoms with Crippen molar-refractivity contribution in [2.45, 2.75) is 25.7 Å². The van der Waals surface area contributed by atoms with Crippen LogP contribution in [0.25, 0.3) is 10.8 Å². The molecular weight excluding hydrogens is 266 g/mol. The normalized spacial score (nSPS) is 10.7. The lowest BCUT2D eigenvalue weighted by molar-refractivity contribution is 0.698. The van der Waals surface area contributed by atoms with Gasteiger partial charge in [0, 0.05) is 18.3 Å². The molecule has 0 saturated heterocycles. The zero-order chi connectivity index (χ0) is 15.0. The predicted molar refractivity (Wildman–Crippen MR) is 95.3 cm³/mol. The fourth-order valence-electron chi connectivity index (χ4n) is 2.73. The molecule has 0 unspecified atom stereocenters. The molecule has 3 aromatic carbocycles. The summed E-state index contributed by atoms with van der Waals surface area (Å²) in [5, 5.41) is 6.00. The molecular formula is C21H22N. The summed E-state index contributed by atoms with van der Waals surface area (Å²) >= 11 is 0. The van der Waals surface area contributed by atoms with Crippen LogP contribution in [0, 0.1) is 6.07 Å². The molecule has 3 rings (SSSR count). The number of hydrogen-bond donors (Lipinski definition) is 1. The molecule has 0 amide bonds. The maximum absolute atomic E-state index is 3.48. The van der Waals surface area contributed by atoms with E-state index in [0.717, 1.165) is 12.2 Å². The van der Waals surface area contributed by atoms with E-state index in [2.05, 4.69) is 78.1 Å². The summed E-state index contributed by atoms with van der Waals surface area (Å²) in [5.41, 5.74) is 2.54. The van der Waals surface area contributed by atoms with Gasteiger partial charge in [-0.3, -0.25) is 0 Å². The molecule has 0 fully saturated rings. The van der Waals surface area contributed by atoms with E-state index in [1.165, 1.54) is 42.0 Å². The van der Waals surface area contributed by atoms with Gasteiger partial charge in [-0.05, 0) is 47.7 Å². The Hall–Kier alpha value is -2.28. The average Bonchev–Trinajstić information content (AvgIpc) is 2.59. The predicted octanol–water partition coefficient (Wildman–Crippen LogP) is 5.46. The van der Waals surface area contributed by atoms with E-state index in [9.17, 15) is 0 Å². The molecule has 1 N–H and O–H groups in total. The third-order valence-corrected chi connectivity index (χ3v) is 3.98. The van der Waals surface area contributed by atoms with Crippen LogP contribution in [-0.4, -0.2) is 6.54 Å². The SMILES string of the molecule is [c]1cc2ccccc2cc1NCCCCCc1ccccc1. The number of aryl methyl sites for hydroxylation is 1. The summed E-state index contributed by atoms with van der Waals surface area (Å²) in [5.74, 6) is 0. The van der Waals surface area contributed by atoms with Crippen LogP contribution in [0.2, 0.25) is 0 Å². The Kier molecular flexibility index (Phi) is 5.09. The summed E-state index contributed by atoms with van der Waals surface area (Å²) in [6.45, 7) is 1.02. The summed E-state index contributed by atoms with van der Waals surface area (Å²) in [6, 6.07) is 26.7. The first kappa shape index (κ1) is 14.6. The topological polar surface area (TPSA) is 12.0 Å². The van der Waals surface area contributed by atoms with Crippen LogP contribution in [0.3, 0.4) is 0 Å². The average molecular weight is 288 g/mol. The van der Waals surface area contributed by atoms with Crippen molar-refractivity contribution < 1.29 is 0 Å². The molecule has 0 saturated carbocycles. The second-order valence-corrected chi connectivity index (χ2v) is 5.70. The van der Waals surface area contributed by atoms with E-state index in [1.54, 1.807) is 0 Å². The zero-order valence-electron chi connectivity index (χ0n) is 12.9. The van der Waals surface area contributed by atoms with Crippen molar-refractivity contribution in [3.05, 3.63) is 78.4 Å². The molecule has 1 nitrogen and oxygen atoms in total. The maximum atomic E-state index is 3.48. The first-order chi connectivity index (χ1) is 10.9. The molecule has 0 heterocycles. The van der Waals surface area contributed by atoms with Crippen molar-refractivity contribution in [2.75, 3.05) is 11.9 Å². The quantitative estimate of drug-likeness (QED) is 0.569. The fourth-order valence-corrected chi connectivity index (χ4v) is 2.73. The highest BCUT2D eigenvalue weighted by molar-refractivity contribution is 5.85. The minimum Gasteiger partial charge on any atom is -0.385 e. The molecule has 0 aliphatic heterocycles. The molecule has 22 heavy (non-hydrogen) atoms. The largest absolute Gasteiger partial charge is 0.385 e. The van der Waals surface area contributed by atoms with Crippen molar-refractivity contribution >= 4 is 16.5 Å². The van der Waals surface area contributed by atoms with Crippen LogP contribution >= 0.6 is 0 Å². The highest BCUT2D eigenvalue weighted by Crippen LogP contribution is 2.18. The van der Waals surface area contributed by atoms with E-state index in [4.69, 9.17) is 0 Å².